The zero-order chi connectivity index (χ0) is 28.8. The highest BCUT2D eigenvalue weighted by Crippen LogP contribution is 2.39. The number of hydrogen-bond donors (Lipinski definition) is 2. The number of pyridine rings is 1. The maximum atomic E-state index is 13.4. The van der Waals surface area contributed by atoms with Crippen molar-refractivity contribution in [2.75, 3.05) is 13.1 Å². The lowest BCUT2D eigenvalue weighted by molar-refractivity contribution is -0.0445. The summed E-state index contributed by atoms with van der Waals surface area (Å²) >= 11 is 0. The lowest BCUT2D eigenvalue weighted by Crippen LogP contribution is -2.65. The second kappa shape index (κ2) is 10.5. The number of nitriles is 1. The number of fused-ring (bicyclic) bond motifs is 1. The van der Waals surface area contributed by atoms with Gasteiger partial charge in [0.1, 0.15) is 29.3 Å². The van der Waals surface area contributed by atoms with E-state index < -0.39 is 23.3 Å². The highest BCUT2D eigenvalue weighted by Gasteiger charge is 2.48. The van der Waals surface area contributed by atoms with Gasteiger partial charge in [0.25, 0.3) is 6.43 Å². The van der Waals surface area contributed by atoms with Crippen molar-refractivity contribution in [2.45, 2.75) is 75.7 Å². The number of aromatic nitrogens is 6. The third kappa shape index (κ3) is 5.27. The first-order chi connectivity index (χ1) is 19.6. The largest absolute Gasteiger partial charge is 0.474 e. The minimum absolute atomic E-state index is 0.121. The lowest BCUT2D eigenvalue weighted by Gasteiger charge is -2.53. The number of nitrogens with one attached hydrogen (secondary N) is 1. The molecule has 4 aromatic heterocycles. The maximum Gasteiger partial charge on any atom is 0.280 e. The minimum atomic E-state index is -2.75. The number of alkyl halides is 2. The van der Waals surface area contributed by atoms with Gasteiger partial charge in [-0.05, 0) is 57.2 Å². The smallest absolute Gasteiger partial charge is 0.280 e. The molecule has 5 heterocycles. The molecule has 2 aliphatic rings. The molecule has 2 fully saturated rings. The van der Waals surface area contributed by atoms with Crippen LogP contribution in [0.2, 0.25) is 0 Å². The van der Waals surface area contributed by atoms with E-state index in [1.165, 1.54) is 12.4 Å². The Morgan fingerprint density at radius 2 is 2.00 bits per heavy atom. The first-order valence-electron chi connectivity index (χ1n) is 13.8. The van der Waals surface area contributed by atoms with Crippen LogP contribution in [0.3, 0.4) is 0 Å². The molecule has 12 heteroatoms. The van der Waals surface area contributed by atoms with Crippen molar-refractivity contribution in [1.82, 2.24) is 34.6 Å². The van der Waals surface area contributed by atoms with Crippen LogP contribution in [0.25, 0.3) is 22.3 Å². The quantitative estimate of drug-likeness (QED) is 0.316. The Balaban J connectivity index is 1.10. The molecule has 0 radical (unpaired) electrons. The molecular formula is C29H32F2N8O2. The van der Waals surface area contributed by atoms with E-state index in [0.29, 0.717) is 31.1 Å². The minimum Gasteiger partial charge on any atom is -0.474 e. The molecule has 4 aromatic rings. The van der Waals surface area contributed by atoms with Gasteiger partial charge in [0.05, 0.1) is 30.0 Å². The summed E-state index contributed by atoms with van der Waals surface area (Å²) in [7, 11) is 0. The molecule has 6 rings (SSSR count). The van der Waals surface area contributed by atoms with Gasteiger partial charge in [-0.1, -0.05) is 0 Å². The fourth-order valence-electron chi connectivity index (χ4n) is 6.01. The van der Waals surface area contributed by atoms with Crippen molar-refractivity contribution in [1.29, 1.82) is 5.26 Å². The number of likely N-dealkylation sites (tertiary alicyclic amines) is 1. The maximum absolute atomic E-state index is 13.4. The van der Waals surface area contributed by atoms with Crippen molar-refractivity contribution in [2.24, 2.45) is 0 Å². The van der Waals surface area contributed by atoms with Gasteiger partial charge in [-0.25, -0.2) is 23.7 Å². The predicted molar refractivity (Wildman–Crippen MR) is 146 cm³/mol. The van der Waals surface area contributed by atoms with E-state index in [-0.39, 0.29) is 12.0 Å². The third-order valence-electron chi connectivity index (χ3n) is 8.30. The molecule has 0 amide bonds. The molecule has 0 spiro atoms. The van der Waals surface area contributed by atoms with Gasteiger partial charge in [-0.2, -0.15) is 10.4 Å². The molecule has 0 bridgehead atoms. The number of H-pyrrole nitrogens is 1. The molecule has 2 N–H and O–H groups in total. The summed E-state index contributed by atoms with van der Waals surface area (Å²) in [5.41, 5.74) is 0.696. The lowest BCUT2D eigenvalue weighted by atomic mass is 9.82. The van der Waals surface area contributed by atoms with Gasteiger partial charge in [0, 0.05) is 48.5 Å². The summed E-state index contributed by atoms with van der Waals surface area (Å²) < 4.78 is 34.8. The van der Waals surface area contributed by atoms with Crippen LogP contribution in [0.4, 0.5) is 8.78 Å². The Kier molecular flexibility index (Phi) is 6.95. The van der Waals surface area contributed by atoms with Crippen molar-refractivity contribution in [3.8, 4) is 23.2 Å². The molecular weight excluding hydrogens is 530 g/mol. The van der Waals surface area contributed by atoms with E-state index in [2.05, 4.69) is 36.0 Å². The monoisotopic (exact) mass is 562 g/mol. The summed E-state index contributed by atoms with van der Waals surface area (Å²) in [6, 6.07) is 7.40. The Hall–Kier alpha value is -3.95. The van der Waals surface area contributed by atoms with E-state index >= 15 is 0 Å². The van der Waals surface area contributed by atoms with Crippen LogP contribution in [-0.2, 0) is 11.1 Å². The van der Waals surface area contributed by atoms with Gasteiger partial charge < -0.3 is 14.8 Å². The molecule has 1 saturated carbocycles. The van der Waals surface area contributed by atoms with Crippen LogP contribution < -0.4 is 4.74 Å². The zero-order valence-corrected chi connectivity index (χ0v) is 23.0. The van der Waals surface area contributed by atoms with Crippen molar-refractivity contribution in [3.63, 3.8) is 0 Å². The molecule has 41 heavy (non-hydrogen) atoms. The number of rotatable bonds is 8. The molecule has 10 nitrogen and oxygen atoms in total. The number of aliphatic hydroxyl groups is 1. The Morgan fingerprint density at radius 3 is 2.71 bits per heavy atom. The molecule has 1 saturated heterocycles. The second-order valence-electron chi connectivity index (χ2n) is 11.6. The van der Waals surface area contributed by atoms with E-state index in [1.54, 1.807) is 26.1 Å². The fraction of sp³-hybridized carbons (Fsp3) is 0.483. The second-order valence-corrected chi connectivity index (χ2v) is 11.6. The first kappa shape index (κ1) is 27.2. The number of hydrogen-bond acceptors (Lipinski definition) is 8. The summed E-state index contributed by atoms with van der Waals surface area (Å²) in [6.45, 7) is 4.53. The molecule has 0 unspecified atom stereocenters. The van der Waals surface area contributed by atoms with Gasteiger partial charge in [-0.3, -0.25) is 9.58 Å². The Bertz CT molecular complexity index is 1570. The topological polar surface area (TPSA) is 129 Å². The van der Waals surface area contributed by atoms with Crippen LogP contribution in [0.15, 0.2) is 43.1 Å². The summed E-state index contributed by atoms with van der Waals surface area (Å²) in [6.07, 6.45) is 7.87. The average Bonchev–Trinajstić information content (AvgIpc) is 3.61. The average molecular weight is 563 g/mol. The Morgan fingerprint density at radius 1 is 1.22 bits per heavy atom. The van der Waals surface area contributed by atoms with E-state index in [4.69, 9.17) is 4.74 Å². The number of ether oxygens (including phenoxy) is 1. The number of aromatic amines is 1. The highest BCUT2D eigenvalue weighted by molar-refractivity contribution is 5.90. The van der Waals surface area contributed by atoms with Crippen LogP contribution in [0.1, 0.15) is 63.6 Å². The van der Waals surface area contributed by atoms with E-state index in [0.717, 1.165) is 48.0 Å². The molecule has 1 aliphatic heterocycles. The predicted octanol–water partition coefficient (Wildman–Crippen LogP) is 4.70. The molecule has 214 valence electrons. The first-order valence-corrected chi connectivity index (χ1v) is 13.8. The summed E-state index contributed by atoms with van der Waals surface area (Å²) in [4.78, 5) is 18.2. The van der Waals surface area contributed by atoms with Crippen LogP contribution >= 0.6 is 0 Å². The van der Waals surface area contributed by atoms with Crippen LogP contribution in [0.5, 0.6) is 5.88 Å². The van der Waals surface area contributed by atoms with Gasteiger partial charge >= 0.3 is 0 Å². The summed E-state index contributed by atoms with van der Waals surface area (Å²) in [5, 5.41) is 25.6. The van der Waals surface area contributed by atoms with Crippen molar-refractivity contribution < 1.29 is 18.6 Å². The van der Waals surface area contributed by atoms with Crippen LogP contribution in [-0.4, -0.2) is 65.0 Å². The van der Waals surface area contributed by atoms with Gasteiger partial charge in [-0.15, -0.1) is 0 Å². The molecule has 0 aromatic carbocycles. The molecule has 1 aliphatic carbocycles. The highest BCUT2D eigenvalue weighted by atomic mass is 19.3. The zero-order valence-electron chi connectivity index (χ0n) is 23.0. The summed E-state index contributed by atoms with van der Waals surface area (Å²) in [5.74, 6) is 0.121. The third-order valence-corrected chi connectivity index (χ3v) is 8.30. The number of halogens is 2. The van der Waals surface area contributed by atoms with Gasteiger partial charge in [0.15, 0.2) is 0 Å². The van der Waals surface area contributed by atoms with Crippen LogP contribution in [0, 0.1) is 11.3 Å². The fourth-order valence-corrected chi connectivity index (χ4v) is 6.01. The van der Waals surface area contributed by atoms with E-state index in [9.17, 15) is 19.1 Å². The van der Waals surface area contributed by atoms with E-state index in [1.807, 2.05) is 23.1 Å². The Labute approximate surface area is 236 Å². The molecule has 0 atom stereocenters. The standard InChI is InChI=1S/C29H32F2N8O2/c1-28(2,40)19-11-23(26(30)31)37-24(12-19)41-21-5-3-20(4-6-21)38-15-29(16-38,8-9-32)39-14-18(13-36-39)25-22-7-10-33-27(22)35-17-34-25/h7,10-14,17,20-21,26,40H,3-6,8,15-16H2,1-2H3,(H,33,34,35). The SMILES string of the molecule is CC(C)(O)c1cc(OC2CCC(N3CC(CC#N)(n4cc(-c5ncnc6[nH]ccc56)cn4)C3)CC2)nc(C(F)F)c1. The van der Waals surface area contributed by atoms with Crippen molar-refractivity contribution >= 4 is 11.0 Å². The number of nitrogens with zero attached hydrogens (tertiary/aromatic N) is 7. The van der Waals surface area contributed by atoms with Crippen molar-refractivity contribution in [3.05, 3.63) is 54.4 Å². The normalized spacial score (nSPS) is 21.1. The van der Waals surface area contributed by atoms with Gasteiger partial charge in [0.2, 0.25) is 5.88 Å².